The fraction of sp³-hybridized carbons (Fsp3) is 0.846. The number of carbonyl (C=O) groups is 1. The third kappa shape index (κ3) is 1.94. The maximum atomic E-state index is 13.4. The molecule has 0 unspecified atom stereocenters. The van der Waals surface area contributed by atoms with Crippen molar-refractivity contribution in [3.63, 3.8) is 0 Å². The summed E-state index contributed by atoms with van der Waals surface area (Å²) in [6.07, 6.45) is -0.863. The summed E-state index contributed by atoms with van der Waals surface area (Å²) < 4.78 is 40.3. The maximum Gasteiger partial charge on any atom is 0.439 e. The second kappa shape index (κ2) is 4.44. The van der Waals surface area contributed by atoms with Crippen LogP contribution in [0.2, 0.25) is 0 Å². The fourth-order valence-electron chi connectivity index (χ4n) is 3.12. The van der Waals surface area contributed by atoms with Crippen molar-refractivity contribution in [3.8, 4) is 0 Å². The number of amides is 1. The number of halogens is 3. The number of rotatable bonds is 1. The second-order valence-electron chi connectivity index (χ2n) is 5.89. The van der Waals surface area contributed by atoms with Crippen molar-refractivity contribution < 1.29 is 23.1 Å². The van der Waals surface area contributed by atoms with Gasteiger partial charge in [-0.25, -0.2) is 0 Å². The van der Waals surface area contributed by atoms with Gasteiger partial charge in [-0.15, -0.1) is 0 Å². The zero-order valence-corrected chi connectivity index (χ0v) is 11.0. The highest BCUT2D eigenvalue weighted by molar-refractivity contribution is 5.93. The molecule has 1 N–H and O–H groups in total. The van der Waals surface area contributed by atoms with E-state index < -0.39 is 29.6 Å². The molecule has 2 saturated carbocycles. The van der Waals surface area contributed by atoms with Crippen LogP contribution in [-0.2, 0) is 4.79 Å². The minimum Gasteiger partial charge on any atom is -0.362 e. The molecule has 20 heavy (non-hydrogen) atoms. The summed E-state index contributed by atoms with van der Waals surface area (Å²) in [7, 11) is 0. The van der Waals surface area contributed by atoms with Crippen molar-refractivity contribution in [3.05, 3.63) is 0 Å². The zero-order valence-electron chi connectivity index (χ0n) is 11.0. The lowest BCUT2D eigenvalue weighted by Gasteiger charge is -2.37. The Labute approximate surface area is 114 Å². The van der Waals surface area contributed by atoms with Crippen molar-refractivity contribution >= 4 is 11.6 Å². The molecule has 3 rings (SSSR count). The van der Waals surface area contributed by atoms with E-state index in [1.165, 1.54) is 0 Å². The molecule has 1 amide bonds. The molecule has 0 radical (unpaired) electrons. The Morgan fingerprint density at radius 1 is 1.25 bits per heavy atom. The lowest BCUT2D eigenvalue weighted by Crippen LogP contribution is -2.61. The van der Waals surface area contributed by atoms with Gasteiger partial charge in [0.25, 0.3) is 5.72 Å². The van der Waals surface area contributed by atoms with Crippen LogP contribution in [0.1, 0.15) is 44.9 Å². The molecule has 1 aliphatic heterocycles. The van der Waals surface area contributed by atoms with Gasteiger partial charge in [0.2, 0.25) is 5.91 Å². The van der Waals surface area contributed by atoms with Crippen LogP contribution in [0.5, 0.6) is 0 Å². The van der Waals surface area contributed by atoms with Crippen LogP contribution in [0.4, 0.5) is 13.2 Å². The summed E-state index contributed by atoms with van der Waals surface area (Å²) in [5.74, 6) is -2.20. The molecule has 0 bridgehead atoms. The van der Waals surface area contributed by atoms with Crippen LogP contribution < -0.4 is 0 Å². The van der Waals surface area contributed by atoms with Crippen molar-refractivity contribution in [2.75, 3.05) is 0 Å². The maximum absolute atomic E-state index is 13.4. The molecule has 2 atom stereocenters. The minimum absolute atomic E-state index is 0.225. The van der Waals surface area contributed by atoms with Gasteiger partial charge in [0.15, 0.2) is 0 Å². The lowest BCUT2D eigenvalue weighted by atomic mass is 9.87. The molecule has 3 aliphatic rings. The molecule has 7 heteroatoms. The Morgan fingerprint density at radius 3 is 2.55 bits per heavy atom. The normalized spacial score (nSPS) is 34.5. The van der Waals surface area contributed by atoms with E-state index in [-0.39, 0.29) is 6.42 Å². The van der Waals surface area contributed by atoms with E-state index in [9.17, 15) is 23.1 Å². The first-order valence-electron chi connectivity index (χ1n) is 7.06. The van der Waals surface area contributed by atoms with Gasteiger partial charge in [0, 0.05) is 11.6 Å². The first-order valence-corrected chi connectivity index (χ1v) is 7.06. The van der Waals surface area contributed by atoms with Gasteiger partial charge < -0.3 is 5.11 Å². The number of hydrogen-bond acceptors (Lipinski definition) is 3. The van der Waals surface area contributed by atoms with E-state index in [1.54, 1.807) is 0 Å². The minimum atomic E-state index is -4.89. The molecule has 2 aliphatic carbocycles. The Balaban J connectivity index is 1.99. The Hall–Kier alpha value is -1.11. The standard InChI is InChI=1S/C13H17F3N2O2/c14-13(15,16)12(20)9-4-2-1-3-5-10(9)17-18(12)11(19)8-6-7-8/h8-9,20H,1-7H2/t9-,12+/m0/s1. The number of hydrazone groups is 1. The highest BCUT2D eigenvalue weighted by Gasteiger charge is 2.68. The van der Waals surface area contributed by atoms with Gasteiger partial charge >= 0.3 is 6.18 Å². The first kappa shape index (κ1) is 13.9. The van der Waals surface area contributed by atoms with Crippen LogP contribution in [0, 0.1) is 11.8 Å². The van der Waals surface area contributed by atoms with E-state index in [1.807, 2.05) is 0 Å². The molecule has 0 aromatic rings. The predicted molar refractivity (Wildman–Crippen MR) is 64.6 cm³/mol. The molecule has 112 valence electrons. The Morgan fingerprint density at radius 2 is 1.95 bits per heavy atom. The summed E-state index contributed by atoms with van der Waals surface area (Å²) in [6, 6.07) is 0. The molecular weight excluding hydrogens is 273 g/mol. The second-order valence-corrected chi connectivity index (χ2v) is 5.89. The van der Waals surface area contributed by atoms with Crippen LogP contribution in [0.25, 0.3) is 0 Å². The summed E-state index contributed by atoms with van der Waals surface area (Å²) in [6.45, 7) is 0. The molecule has 1 heterocycles. The number of fused-ring (bicyclic) bond motifs is 1. The SMILES string of the molecule is O=C(C1CC1)N1N=C2CCCCC[C@@H]2[C@@]1(O)C(F)(F)F. The van der Waals surface area contributed by atoms with Gasteiger partial charge in [-0.05, 0) is 32.1 Å². The number of aliphatic hydroxyl groups is 1. The number of carbonyl (C=O) groups excluding carboxylic acids is 1. The van der Waals surface area contributed by atoms with Crippen molar-refractivity contribution in [2.24, 2.45) is 16.9 Å². The summed E-state index contributed by atoms with van der Waals surface area (Å²) in [5, 5.41) is 14.5. The van der Waals surface area contributed by atoms with Gasteiger partial charge in [-0.1, -0.05) is 12.8 Å². The van der Waals surface area contributed by atoms with E-state index in [2.05, 4.69) is 5.10 Å². The van der Waals surface area contributed by atoms with Crippen LogP contribution in [0.3, 0.4) is 0 Å². The fourth-order valence-corrected chi connectivity index (χ4v) is 3.12. The van der Waals surface area contributed by atoms with Crippen molar-refractivity contribution in [1.82, 2.24) is 5.01 Å². The largest absolute Gasteiger partial charge is 0.439 e. The average molecular weight is 290 g/mol. The molecular formula is C13H17F3N2O2. The predicted octanol–water partition coefficient (Wildman–Crippen LogP) is 2.43. The molecule has 0 aromatic carbocycles. The van der Waals surface area contributed by atoms with E-state index in [0.29, 0.717) is 36.4 Å². The average Bonchev–Trinajstić information content (AvgIpc) is 3.17. The Kier molecular flexibility index (Phi) is 3.08. The van der Waals surface area contributed by atoms with Gasteiger partial charge in [0.1, 0.15) is 0 Å². The Bertz CT molecular complexity index is 459. The molecule has 0 spiro atoms. The summed E-state index contributed by atoms with van der Waals surface area (Å²) in [4.78, 5) is 12.1. The lowest BCUT2D eigenvalue weighted by molar-refractivity contribution is -0.317. The van der Waals surface area contributed by atoms with Crippen LogP contribution >= 0.6 is 0 Å². The molecule has 0 saturated heterocycles. The zero-order chi connectivity index (χ0) is 14.5. The van der Waals surface area contributed by atoms with Crippen molar-refractivity contribution in [2.45, 2.75) is 56.8 Å². The summed E-state index contributed by atoms with van der Waals surface area (Å²) >= 11 is 0. The third-order valence-electron chi connectivity index (χ3n) is 4.42. The highest BCUT2D eigenvalue weighted by Crippen LogP contribution is 2.49. The van der Waals surface area contributed by atoms with Gasteiger partial charge in [-0.2, -0.15) is 23.3 Å². The quantitative estimate of drug-likeness (QED) is 0.806. The molecule has 0 aromatic heterocycles. The van der Waals surface area contributed by atoms with E-state index in [4.69, 9.17) is 0 Å². The monoisotopic (exact) mass is 290 g/mol. The smallest absolute Gasteiger partial charge is 0.362 e. The summed E-state index contributed by atoms with van der Waals surface area (Å²) in [5.41, 5.74) is -2.82. The number of nitrogens with zero attached hydrogens (tertiary/aromatic N) is 2. The molecule has 4 nitrogen and oxygen atoms in total. The van der Waals surface area contributed by atoms with Crippen molar-refractivity contribution in [1.29, 1.82) is 0 Å². The van der Waals surface area contributed by atoms with E-state index >= 15 is 0 Å². The molecule has 2 fully saturated rings. The van der Waals surface area contributed by atoms with E-state index in [0.717, 1.165) is 12.8 Å². The topological polar surface area (TPSA) is 52.9 Å². The van der Waals surface area contributed by atoms with Gasteiger partial charge in [0.05, 0.1) is 5.92 Å². The third-order valence-corrected chi connectivity index (χ3v) is 4.42. The first-order chi connectivity index (χ1) is 9.35. The van der Waals surface area contributed by atoms with Crippen LogP contribution in [-0.4, -0.2) is 33.6 Å². The van der Waals surface area contributed by atoms with Crippen LogP contribution in [0.15, 0.2) is 5.10 Å². The number of hydrogen-bond donors (Lipinski definition) is 1. The number of alkyl halides is 3. The highest BCUT2D eigenvalue weighted by atomic mass is 19.4. The van der Waals surface area contributed by atoms with Gasteiger partial charge in [-0.3, -0.25) is 4.79 Å².